The lowest BCUT2D eigenvalue weighted by Crippen LogP contribution is -2.56. The highest BCUT2D eigenvalue weighted by Gasteiger charge is 2.35. The van der Waals surface area contributed by atoms with Gasteiger partial charge >= 0.3 is 18.0 Å². The Morgan fingerprint density at radius 1 is 1.06 bits per heavy atom. The zero-order valence-corrected chi connectivity index (χ0v) is 20.0. The number of piperazine rings is 1. The number of morpholine rings is 1. The Hall–Kier alpha value is -2.82. The number of carbonyl (C=O) groups is 3. The van der Waals surface area contributed by atoms with Crippen molar-refractivity contribution in [1.29, 1.82) is 0 Å². The molecule has 11 heteroatoms. The maximum atomic E-state index is 12.9. The van der Waals surface area contributed by atoms with Gasteiger partial charge in [0.2, 0.25) is 0 Å². The molecule has 0 aromatic heterocycles. The smallest absolute Gasteiger partial charge is 0.338 e. The molecular formula is C23H30ClN5O5. The van der Waals surface area contributed by atoms with Crippen molar-refractivity contribution < 1.29 is 23.9 Å². The van der Waals surface area contributed by atoms with E-state index in [1.807, 2.05) is 9.80 Å². The molecule has 3 aliphatic rings. The van der Waals surface area contributed by atoms with Crippen molar-refractivity contribution in [2.75, 3.05) is 65.6 Å². The molecule has 10 nitrogen and oxygen atoms in total. The first kappa shape index (κ1) is 24.3. The summed E-state index contributed by atoms with van der Waals surface area (Å²) in [7, 11) is 0. The number of hydrogen-bond acceptors (Lipinski definition) is 6. The number of carbonyl (C=O) groups excluding carboxylic acids is 3. The average Bonchev–Trinajstić information content (AvgIpc) is 2.85. The second-order valence-electron chi connectivity index (χ2n) is 8.34. The monoisotopic (exact) mass is 491 g/mol. The van der Waals surface area contributed by atoms with E-state index in [1.165, 1.54) is 0 Å². The number of hydrogen-bond donors (Lipinski definition) is 2. The molecule has 0 saturated carbocycles. The molecule has 1 unspecified atom stereocenters. The van der Waals surface area contributed by atoms with E-state index in [1.54, 1.807) is 31.2 Å². The molecule has 4 amide bonds. The fourth-order valence-corrected chi connectivity index (χ4v) is 4.50. The highest BCUT2D eigenvalue weighted by Crippen LogP contribution is 2.29. The molecule has 1 atom stereocenters. The van der Waals surface area contributed by atoms with Gasteiger partial charge in [-0.15, -0.1) is 0 Å². The fraction of sp³-hybridized carbons (Fsp3) is 0.522. The van der Waals surface area contributed by atoms with Crippen LogP contribution in [0.25, 0.3) is 0 Å². The number of rotatable bonds is 5. The molecule has 2 fully saturated rings. The molecule has 2 N–H and O–H groups in total. The third-order valence-corrected chi connectivity index (χ3v) is 6.41. The lowest BCUT2D eigenvalue weighted by molar-refractivity contribution is -0.139. The molecule has 0 spiro atoms. The predicted octanol–water partition coefficient (Wildman–Crippen LogP) is 1.58. The van der Waals surface area contributed by atoms with E-state index in [0.717, 1.165) is 5.56 Å². The van der Waals surface area contributed by atoms with E-state index in [2.05, 4.69) is 15.5 Å². The Kier molecular flexibility index (Phi) is 7.91. The largest absolute Gasteiger partial charge is 0.463 e. The van der Waals surface area contributed by atoms with Gasteiger partial charge in [0.05, 0.1) is 31.4 Å². The summed E-state index contributed by atoms with van der Waals surface area (Å²) < 4.78 is 10.7. The summed E-state index contributed by atoms with van der Waals surface area (Å²) >= 11 is 6.02. The Morgan fingerprint density at radius 2 is 1.71 bits per heavy atom. The van der Waals surface area contributed by atoms with Crippen LogP contribution in [0, 0.1) is 0 Å². The van der Waals surface area contributed by atoms with Gasteiger partial charge in [-0.05, 0) is 24.6 Å². The first-order valence-electron chi connectivity index (χ1n) is 11.5. The van der Waals surface area contributed by atoms with Crippen LogP contribution in [0.3, 0.4) is 0 Å². The summed E-state index contributed by atoms with van der Waals surface area (Å²) in [5.74, 6) is -0.480. The Balaban J connectivity index is 1.49. The highest BCUT2D eigenvalue weighted by molar-refractivity contribution is 6.30. The van der Waals surface area contributed by atoms with E-state index in [4.69, 9.17) is 21.1 Å². The van der Waals surface area contributed by atoms with Crippen LogP contribution in [0.15, 0.2) is 35.5 Å². The quantitative estimate of drug-likeness (QED) is 0.606. The van der Waals surface area contributed by atoms with E-state index in [0.29, 0.717) is 75.3 Å². The standard InChI is InChI=1S/C23H30ClN5O5/c1-2-34-21(30)19-18(25-22(31)26-20(19)16-3-5-17(24)6-4-16)15-27-7-9-28(10-8-27)23(32)29-11-13-33-14-12-29/h3-6,20H,2,7-15H2,1H3,(H2,25,26,31). The number of ether oxygens (including phenoxy) is 2. The fourth-order valence-electron chi connectivity index (χ4n) is 4.37. The molecule has 0 radical (unpaired) electrons. The van der Waals surface area contributed by atoms with Gasteiger partial charge in [-0.1, -0.05) is 23.7 Å². The summed E-state index contributed by atoms with van der Waals surface area (Å²) in [6.45, 7) is 7.10. The summed E-state index contributed by atoms with van der Waals surface area (Å²) in [6, 6.07) is 6.01. The Morgan fingerprint density at radius 3 is 2.35 bits per heavy atom. The van der Waals surface area contributed by atoms with Gasteiger partial charge in [0, 0.05) is 56.5 Å². The van der Waals surface area contributed by atoms with Crippen molar-refractivity contribution in [3.05, 3.63) is 46.1 Å². The van der Waals surface area contributed by atoms with Crippen LogP contribution < -0.4 is 10.6 Å². The van der Waals surface area contributed by atoms with Gasteiger partial charge in [0.1, 0.15) is 0 Å². The molecule has 34 heavy (non-hydrogen) atoms. The van der Waals surface area contributed by atoms with Crippen LogP contribution in [0.2, 0.25) is 5.02 Å². The second kappa shape index (κ2) is 11.1. The van der Waals surface area contributed by atoms with Crippen LogP contribution in [0.4, 0.5) is 9.59 Å². The first-order valence-corrected chi connectivity index (χ1v) is 11.9. The maximum Gasteiger partial charge on any atom is 0.338 e. The molecule has 184 valence electrons. The van der Waals surface area contributed by atoms with Gasteiger partial charge in [0.25, 0.3) is 0 Å². The maximum absolute atomic E-state index is 12.9. The molecule has 1 aromatic rings. The minimum Gasteiger partial charge on any atom is -0.463 e. The zero-order valence-electron chi connectivity index (χ0n) is 19.2. The van der Waals surface area contributed by atoms with Crippen molar-refractivity contribution >= 4 is 29.6 Å². The topological polar surface area (TPSA) is 103 Å². The molecule has 3 aliphatic heterocycles. The number of amides is 4. The molecule has 2 saturated heterocycles. The van der Waals surface area contributed by atoms with Crippen LogP contribution in [0.1, 0.15) is 18.5 Å². The number of halogens is 1. The third kappa shape index (κ3) is 5.63. The molecular weight excluding hydrogens is 462 g/mol. The number of nitrogens with one attached hydrogen (secondary N) is 2. The SMILES string of the molecule is CCOC(=O)C1=C(CN2CCN(C(=O)N3CCOCC3)CC2)NC(=O)NC1c1ccc(Cl)cc1. The number of esters is 1. The first-order chi connectivity index (χ1) is 16.5. The highest BCUT2D eigenvalue weighted by atomic mass is 35.5. The Bertz CT molecular complexity index is 940. The molecule has 1 aromatic carbocycles. The normalized spacial score (nSPS) is 21.7. The second-order valence-corrected chi connectivity index (χ2v) is 8.78. The van der Waals surface area contributed by atoms with Crippen LogP contribution >= 0.6 is 11.6 Å². The van der Waals surface area contributed by atoms with Crippen LogP contribution in [0.5, 0.6) is 0 Å². The summed E-state index contributed by atoms with van der Waals surface area (Å²) in [4.78, 5) is 44.0. The number of benzene rings is 1. The summed E-state index contributed by atoms with van der Waals surface area (Å²) in [6.07, 6.45) is 0. The molecule has 4 rings (SSSR count). The van der Waals surface area contributed by atoms with Crippen molar-refractivity contribution in [2.45, 2.75) is 13.0 Å². The van der Waals surface area contributed by atoms with Crippen molar-refractivity contribution in [1.82, 2.24) is 25.3 Å². The molecule has 0 bridgehead atoms. The molecule has 0 aliphatic carbocycles. The average molecular weight is 492 g/mol. The van der Waals surface area contributed by atoms with Crippen molar-refractivity contribution in [3.63, 3.8) is 0 Å². The van der Waals surface area contributed by atoms with E-state index < -0.39 is 12.0 Å². The van der Waals surface area contributed by atoms with E-state index in [-0.39, 0.29) is 18.7 Å². The Labute approximate surface area is 203 Å². The summed E-state index contributed by atoms with van der Waals surface area (Å²) in [5, 5.41) is 6.20. The van der Waals surface area contributed by atoms with Crippen molar-refractivity contribution in [3.8, 4) is 0 Å². The van der Waals surface area contributed by atoms with Gasteiger partial charge in [-0.25, -0.2) is 14.4 Å². The molecule has 3 heterocycles. The minimum atomic E-state index is -0.649. The van der Waals surface area contributed by atoms with Gasteiger partial charge in [-0.3, -0.25) is 4.90 Å². The third-order valence-electron chi connectivity index (χ3n) is 6.16. The van der Waals surface area contributed by atoms with Gasteiger partial charge in [0.15, 0.2) is 0 Å². The minimum absolute atomic E-state index is 0.0346. The van der Waals surface area contributed by atoms with E-state index >= 15 is 0 Å². The van der Waals surface area contributed by atoms with Crippen LogP contribution in [-0.4, -0.2) is 98.4 Å². The van der Waals surface area contributed by atoms with E-state index in [9.17, 15) is 14.4 Å². The lowest BCUT2D eigenvalue weighted by Gasteiger charge is -2.39. The van der Waals surface area contributed by atoms with Gasteiger partial charge < -0.3 is 29.9 Å². The lowest BCUT2D eigenvalue weighted by atomic mass is 9.95. The summed E-state index contributed by atoms with van der Waals surface area (Å²) in [5.41, 5.74) is 1.62. The van der Waals surface area contributed by atoms with Gasteiger partial charge in [-0.2, -0.15) is 0 Å². The zero-order chi connectivity index (χ0) is 24.1. The number of urea groups is 2. The van der Waals surface area contributed by atoms with Crippen molar-refractivity contribution in [2.24, 2.45) is 0 Å². The predicted molar refractivity (Wildman–Crippen MR) is 125 cm³/mol. The van der Waals surface area contributed by atoms with Crippen LogP contribution in [-0.2, 0) is 14.3 Å². The number of nitrogens with zero attached hydrogens (tertiary/aromatic N) is 3.